The van der Waals surface area contributed by atoms with Gasteiger partial charge in [-0.25, -0.2) is 9.78 Å². The van der Waals surface area contributed by atoms with Crippen LogP contribution in [0.25, 0.3) is 0 Å². The van der Waals surface area contributed by atoms with Gasteiger partial charge in [0.05, 0.1) is 12.1 Å². The molecule has 1 heterocycles. The van der Waals surface area contributed by atoms with Gasteiger partial charge >= 0.3 is 5.97 Å². The fraction of sp³-hybridized carbons (Fsp3) is 0.455. The molecule has 0 fully saturated rings. The molecule has 0 aromatic carbocycles. The second-order valence-electron chi connectivity index (χ2n) is 3.59. The molecule has 0 unspecified atom stereocenters. The van der Waals surface area contributed by atoms with Crippen LogP contribution in [-0.2, 0) is 4.74 Å². The van der Waals surface area contributed by atoms with Gasteiger partial charge in [0.15, 0.2) is 5.69 Å². The number of esters is 1. The van der Waals surface area contributed by atoms with E-state index < -0.39 is 0 Å². The molecule has 0 atom stereocenters. The molecule has 1 aromatic rings. The molecular formula is C11H13NO2S. The average molecular weight is 223 g/mol. The molecular weight excluding hydrogens is 210 g/mol. The Morgan fingerprint density at radius 1 is 1.53 bits per heavy atom. The number of hydrogen-bond donors (Lipinski definition) is 0. The molecule has 4 heteroatoms. The highest BCUT2D eigenvalue weighted by atomic mass is 32.1. The average Bonchev–Trinajstić information content (AvgIpc) is 2.84. The van der Waals surface area contributed by atoms with Crippen LogP contribution in [0.2, 0.25) is 0 Å². The van der Waals surface area contributed by atoms with Crippen LogP contribution in [0.4, 0.5) is 0 Å². The lowest BCUT2D eigenvalue weighted by atomic mass is 10.1. The standard InChI is InChI=1S/C11H13NO2S/c1-7-9(11(13)14-2)12-10(15-7)8-5-3-4-6-8/h3-4,8H,5-6H2,1-2H3. The Bertz CT molecular complexity index is 401. The number of carbonyl (C=O) groups excluding carboxylic acids is 1. The van der Waals surface area contributed by atoms with E-state index in [1.165, 1.54) is 7.11 Å². The van der Waals surface area contributed by atoms with Gasteiger partial charge < -0.3 is 4.74 Å². The molecule has 1 aliphatic carbocycles. The number of nitrogens with zero attached hydrogens (tertiary/aromatic N) is 1. The van der Waals surface area contributed by atoms with E-state index in [0.29, 0.717) is 11.6 Å². The zero-order valence-corrected chi connectivity index (χ0v) is 9.63. The minimum Gasteiger partial charge on any atom is -0.464 e. The Labute approximate surface area is 92.8 Å². The summed E-state index contributed by atoms with van der Waals surface area (Å²) in [5.41, 5.74) is 0.476. The van der Waals surface area contributed by atoms with Crippen LogP contribution >= 0.6 is 11.3 Å². The second-order valence-corrected chi connectivity index (χ2v) is 4.82. The number of aromatic nitrogens is 1. The van der Waals surface area contributed by atoms with E-state index in [0.717, 1.165) is 22.7 Å². The monoisotopic (exact) mass is 223 g/mol. The van der Waals surface area contributed by atoms with E-state index >= 15 is 0 Å². The lowest BCUT2D eigenvalue weighted by Gasteiger charge is -2.02. The summed E-state index contributed by atoms with van der Waals surface area (Å²) in [6.07, 6.45) is 6.40. The molecule has 1 aliphatic rings. The number of thiazole rings is 1. The Morgan fingerprint density at radius 3 is 2.80 bits per heavy atom. The summed E-state index contributed by atoms with van der Waals surface area (Å²) in [6, 6.07) is 0. The molecule has 0 N–H and O–H groups in total. The predicted molar refractivity (Wildman–Crippen MR) is 59.3 cm³/mol. The molecule has 3 nitrogen and oxygen atoms in total. The molecule has 0 bridgehead atoms. The third-order valence-electron chi connectivity index (χ3n) is 2.55. The van der Waals surface area contributed by atoms with Gasteiger partial charge in [-0.05, 0) is 19.8 Å². The van der Waals surface area contributed by atoms with E-state index in [4.69, 9.17) is 0 Å². The van der Waals surface area contributed by atoms with Gasteiger partial charge in [-0.3, -0.25) is 0 Å². The molecule has 2 rings (SSSR count). The summed E-state index contributed by atoms with van der Waals surface area (Å²) in [4.78, 5) is 16.7. The number of ether oxygens (including phenoxy) is 1. The van der Waals surface area contributed by atoms with Crippen molar-refractivity contribution in [3.05, 3.63) is 27.7 Å². The maximum absolute atomic E-state index is 11.4. The summed E-state index contributed by atoms with van der Waals surface area (Å²) >= 11 is 1.60. The zero-order valence-electron chi connectivity index (χ0n) is 8.82. The SMILES string of the molecule is COC(=O)c1nc(C2CC=CC2)sc1C. The van der Waals surface area contributed by atoms with Crippen molar-refractivity contribution in [1.82, 2.24) is 4.98 Å². The van der Waals surface area contributed by atoms with Crippen LogP contribution in [0, 0.1) is 6.92 Å². The molecule has 0 saturated carbocycles. The third kappa shape index (κ3) is 1.95. The Balaban J connectivity index is 2.24. The van der Waals surface area contributed by atoms with E-state index in [-0.39, 0.29) is 5.97 Å². The Kier molecular flexibility index (Phi) is 2.86. The maximum atomic E-state index is 11.4. The van der Waals surface area contributed by atoms with Crippen molar-refractivity contribution in [2.45, 2.75) is 25.7 Å². The first kappa shape index (κ1) is 10.4. The highest BCUT2D eigenvalue weighted by Crippen LogP contribution is 2.33. The highest BCUT2D eigenvalue weighted by molar-refractivity contribution is 7.12. The van der Waals surface area contributed by atoms with Crippen LogP contribution in [0.3, 0.4) is 0 Å². The topological polar surface area (TPSA) is 39.2 Å². The molecule has 0 saturated heterocycles. The largest absolute Gasteiger partial charge is 0.464 e. The summed E-state index contributed by atoms with van der Waals surface area (Å²) in [7, 11) is 1.39. The van der Waals surface area contributed by atoms with Crippen LogP contribution in [0.1, 0.15) is 39.1 Å². The van der Waals surface area contributed by atoms with Crippen molar-refractivity contribution in [1.29, 1.82) is 0 Å². The molecule has 0 amide bonds. The van der Waals surface area contributed by atoms with Crippen LogP contribution in [-0.4, -0.2) is 18.1 Å². The predicted octanol–water partition coefficient (Wildman–Crippen LogP) is 2.67. The number of carbonyl (C=O) groups is 1. The first-order chi connectivity index (χ1) is 7.22. The quantitative estimate of drug-likeness (QED) is 0.571. The molecule has 1 aromatic heterocycles. The smallest absolute Gasteiger partial charge is 0.357 e. The van der Waals surface area contributed by atoms with E-state index in [1.54, 1.807) is 11.3 Å². The van der Waals surface area contributed by atoms with Crippen molar-refractivity contribution in [2.75, 3.05) is 7.11 Å². The fourth-order valence-electron chi connectivity index (χ4n) is 1.70. The number of hydrogen-bond acceptors (Lipinski definition) is 4. The lowest BCUT2D eigenvalue weighted by Crippen LogP contribution is -2.04. The lowest BCUT2D eigenvalue weighted by molar-refractivity contribution is 0.0594. The summed E-state index contributed by atoms with van der Waals surface area (Å²) in [5.74, 6) is 0.132. The highest BCUT2D eigenvalue weighted by Gasteiger charge is 2.21. The molecule has 0 spiro atoms. The van der Waals surface area contributed by atoms with Gasteiger partial charge in [-0.2, -0.15) is 0 Å². The van der Waals surface area contributed by atoms with Crippen molar-refractivity contribution in [3.8, 4) is 0 Å². The van der Waals surface area contributed by atoms with Crippen molar-refractivity contribution in [3.63, 3.8) is 0 Å². The van der Waals surface area contributed by atoms with Gasteiger partial charge in [0.1, 0.15) is 0 Å². The minimum atomic E-state index is -0.332. The summed E-state index contributed by atoms with van der Waals surface area (Å²) in [6.45, 7) is 1.91. The molecule has 80 valence electrons. The third-order valence-corrected chi connectivity index (χ3v) is 3.68. The first-order valence-electron chi connectivity index (χ1n) is 4.93. The molecule has 0 aliphatic heterocycles. The molecule has 15 heavy (non-hydrogen) atoms. The fourth-order valence-corrected chi connectivity index (χ4v) is 2.73. The second kappa shape index (κ2) is 4.14. The van der Waals surface area contributed by atoms with E-state index in [9.17, 15) is 4.79 Å². The summed E-state index contributed by atoms with van der Waals surface area (Å²) in [5, 5.41) is 1.05. The van der Waals surface area contributed by atoms with Gasteiger partial charge in [0, 0.05) is 10.8 Å². The van der Waals surface area contributed by atoms with E-state index in [1.807, 2.05) is 6.92 Å². The van der Waals surface area contributed by atoms with Crippen LogP contribution in [0.5, 0.6) is 0 Å². The Morgan fingerprint density at radius 2 is 2.20 bits per heavy atom. The van der Waals surface area contributed by atoms with Gasteiger partial charge in [0.25, 0.3) is 0 Å². The Hall–Kier alpha value is -1.16. The maximum Gasteiger partial charge on any atom is 0.357 e. The normalized spacial score (nSPS) is 15.9. The van der Waals surface area contributed by atoms with E-state index in [2.05, 4.69) is 21.9 Å². The number of methoxy groups -OCH3 is 1. The minimum absolute atomic E-state index is 0.332. The van der Waals surface area contributed by atoms with Gasteiger partial charge in [0.2, 0.25) is 0 Å². The number of rotatable bonds is 2. The van der Waals surface area contributed by atoms with Crippen molar-refractivity contribution < 1.29 is 9.53 Å². The van der Waals surface area contributed by atoms with Crippen molar-refractivity contribution >= 4 is 17.3 Å². The first-order valence-corrected chi connectivity index (χ1v) is 5.74. The summed E-state index contributed by atoms with van der Waals surface area (Å²) < 4.78 is 4.68. The zero-order chi connectivity index (χ0) is 10.8. The number of aryl methyl sites for hydroxylation is 1. The molecule has 0 radical (unpaired) electrons. The van der Waals surface area contributed by atoms with Gasteiger partial charge in [-0.1, -0.05) is 12.2 Å². The van der Waals surface area contributed by atoms with Crippen molar-refractivity contribution in [2.24, 2.45) is 0 Å². The number of allylic oxidation sites excluding steroid dienone is 2. The van der Waals surface area contributed by atoms with Gasteiger partial charge in [-0.15, -0.1) is 11.3 Å². The van der Waals surface area contributed by atoms with Crippen LogP contribution in [0.15, 0.2) is 12.2 Å². The van der Waals surface area contributed by atoms with Crippen LogP contribution < -0.4 is 0 Å².